The van der Waals surface area contributed by atoms with Crippen molar-refractivity contribution in [3.8, 4) is 33.4 Å². The molecule has 194 valence electrons. The van der Waals surface area contributed by atoms with Gasteiger partial charge in [0.15, 0.2) is 0 Å². The number of rotatable bonds is 4. The first-order valence-electron chi connectivity index (χ1n) is 13.8. The second kappa shape index (κ2) is 9.70. The third-order valence-corrected chi connectivity index (χ3v) is 9.71. The lowest BCUT2D eigenvalue weighted by Crippen LogP contribution is -1.96. The molecule has 7 aromatic rings. The normalized spacial score (nSPS) is 12.3. The van der Waals surface area contributed by atoms with Gasteiger partial charge in [-0.1, -0.05) is 127 Å². The molecule has 0 atom stereocenters. The van der Waals surface area contributed by atoms with Crippen LogP contribution in [-0.2, 0) is 0 Å². The van der Waals surface area contributed by atoms with Crippen LogP contribution in [0.1, 0.15) is 0 Å². The molecule has 0 radical (unpaired) electrons. The van der Waals surface area contributed by atoms with Crippen molar-refractivity contribution in [1.29, 1.82) is 0 Å². The monoisotopic (exact) mass is 532 g/mol. The maximum Gasteiger partial charge on any atom is -0.00201 e. The van der Waals surface area contributed by atoms with Gasteiger partial charge in [0.05, 0.1) is 0 Å². The van der Waals surface area contributed by atoms with Gasteiger partial charge in [-0.05, 0) is 101 Å². The van der Waals surface area contributed by atoms with E-state index in [-0.39, 0.29) is 0 Å². The summed E-state index contributed by atoms with van der Waals surface area (Å²) in [5, 5.41) is 7.80. The summed E-state index contributed by atoms with van der Waals surface area (Å²) in [6, 6.07) is 51.4. The Kier molecular flexibility index (Phi) is 5.99. The highest BCUT2D eigenvalue weighted by molar-refractivity contribution is 8.32. The molecule has 1 heteroatoms. The summed E-state index contributed by atoms with van der Waals surface area (Å²) in [6.07, 6.45) is 7.15. The van der Waals surface area contributed by atoms with Gasteiger partial charge in [0.25, 0.3) is 0 Å². The molecule has 0 nitrogen and oxygen atoms in total. The van der Waals surface area contributed by atoms with Crippen LogP contribution in [0.15, 0.2) is 144 Å². The topological polar surface area (TPSA) is 0 Å². The fraction of sp³-hybridized carbons (Fsp3) is 0.0769. The predicted molar refractivity (Wildman–Crippen MR) is 179 cm³/mol. The fourth-order valence-electron chi connectivity index (χ4n) is 6.04. The van der Waals surface area contributed by atoms with Crippen molar-refractivity contribution in [2.45, 2.75) is 4.90 Å². The Balaban J connectivity index is 1.58. The largest absolute Gasteiger partial charge is 0.223 e. The standard InChI is InChI=1S/C39H32S/c1-40(2,3)31-24-25-36-37(26-31)38(30-22-20-28(21-23-30)27-12-5-4-6-13-27)34-17-9-10-18-35(34)39(36)33-19-11-15-29-14-7-8-16-32(29)33/h4-26H,1-3H3. The minimum atomic E-state index is -0.901. The highest BCUT2D eigenvalue weighted by atomic mass is 32.3. The van der Waals surface area contributed by atoms with Crippen molar-refractivity contribution in [3.63, 3.8) is 0 Å². The van der Waals surface area contributed by atoms with Crippen molar-refractivity contribution in [1.82, 2.24) is 0 Å². The van der Waals surface area contributed by atoms with Crippen LogP contribution in [0.3, 0.4) is 0 Å². The van der Waals surface area contributed by atoms with Crippen molar-refractivity contribution in [2.75, 3.05) is 18.8 Å². The molecular formula is C39H32S. The van der Waals surface area contributed by atoms with Gasteiger partial charge in [-0.25, -0.2) is 10.0 Å². The quantitative estimate of drug-likeness (QED) is 0.198. The number of benzene rings is 7. The molecule has 0 saturated carbocycles. The third kappa shape index (κ3) is 4.18. The van der Waals surface area contributed by atoms with Crippen LogP contribution in [-0.4, -0.2) is 18.8 Å². The molecule has 40 heavy (non-hydrogen) atoms. The van der Waals surface area contributed by atoms with E-state index in [2.05, 4.69) is 158 Å². The maximum atomic E-state index is 2.48. The van der Waals surface area contributed by atoms with Crippen LogP contribution in [0.2, 0.25) is 0 Å². The van der Waals surface area contributed by atoms with Gasteiger partial charge < -0.3 is 0 Å². The SMILES string of the molecule is CS(C)(C)c1ccc2c(-c3cccc4ccccc34)c3ccccc3c(-c3ccc(-c4ccccc4)cc3)c2c1. The van der Waals surface area contributed by atoms with Gasteiger partial charge in [-0.15, -0.1) is 0 Å². The fourth-order valence-corrected chi connectivity index (χ4v) is 6.99. The van der Waals surface area contributed by atoms with Gasteiger partial charge in [-0.2, -0.15) is 0 Å². The van der Waals surface area contributed by atoms with E-state index in [0.717, 1.165) is 0 Å². The Morgan fingerprint density at radius 1 is 0.375 bits per heavy atom. The molecule has 0 aliphatic carbocycles. The van der Waals surface area contributed by atoms with Gasteiger partial charge >= 0.3 is 0 Å². The molecular weight excluding hydrogens is 500 g/mol. The first-order chi connectivity index (χ1) is 19.5. The molecule has 0 saturated heterocycles. The maximum absolute atomic E-state index is 2.48. The minimum Gasteiger partial charge on any atom is -0.223 e. The second-order valence-electron chi connectivity index (χ2n) is 11.3. The summed E-state index contributed by atoms with van der Waals surface area (Å²) in [7, 11) is -0.901. The van der Waals surface area contributed by atoms with Crippen LogP contribution in [0, 0.1) is 0 Å². The number of hydrogen-bond acceptors (Lipinski definition) is 0. The molecule has 7 aromatic carbocycles. The van der Waals surface area contributed by atoms with Crippen LogP contribution in [0.5, 0.6) is 0 Å². The average Bonchev–Trinajstić information content (AvgIpc) is 2.99. The molecule has 0 aliphatic heterocycles. The lowest BCUT2D eigenvalue weighted by molar-refractivity contribution is 1.48. The van der Waals surface area contributed by atoms with Crippen molar-refractivity contribution >= 4 is 42.3 Å². The molecule has 0 aromatic heterocycles. The van der Waals surface area contributed by atoms with Crippen molar-refractivity contribution < 1.29 is 0 Å². The first kappa shape index (κ1) is 24.7. The van der Waals surface area contributed by atoms with Crippen LogP contribution in [0.25, 0.3) is 65.7 Å². The Morgan fingerprint density at radius 2 is 0.925 bits per heavy atom. The minimum absolute atomic E-state index is 0.901. The molecule has 0 fully saturated rings. The number of hydrogen-bond donors (Lipinski definition) is 0. The van der Waals surface area contributed by atoms with Crippen molar-refractivity contribution in [3.05, 3.63) is 140 Å². The Morgan fingerprint density at radius 3 is 1.65 bits per heavy atom. The van der Waals surface area contributed by atoms with E-state index in [1.807, 2.05) is 0 Å². The Bertz CT molecular complexity index is 2000. The molecule has 0 spiro atoms. The highest BCUT2D eigenvalue weighted by Crippen LogP contribution is 2.50. The molecule has 0 unspecified atom stereocenters. The summed E-state index contributed by atoms with van der Waals surface area (Å²) in [6.45, 7) is 0. The average molecular weight is 533 g/mol. The van der Waals surface area contributed by atoms with E-state index in [1.165, 1.54) is 70.6 Å². The van der Waals surface area contributed by atoms with Crippen LogP contribution in [0.4, 0.5) is 0 Å². The van der Waals surface area contributed by atoms with E-state index in [9.17, 15) is 0 Å². The number of fused-ring (bicyclic) bond motifs is 3. The zero-order valence-electron chi connectivity index (χ0n) is 23.2. The molecule has 0 bridgehead atoms. The summed E-state index contributed by atoms with van der Waals surface area (Å²) in [5.41, 5.74) is 7.67. The zero-order valence-corrected chi connectivity index (χ0v) is 24.0. The third-order valence-electron chi connectivity index (χ3n) is 8.04. The van der Waals surface area contributed by atoms with E-state index in [1.54, 1.807) is 0 Å². The van der Waals surface area contributed by atoms with E-state index in [0.29, 0.717) is 0 Å². The summed E-state index contributed by atoms with van der Waals surface area (Å²) < 4.78 is 0. The lowest BCUT2D eigenvalue weighted by Gasteiger charge is -2.27. The summed E-state index contributed by atoms with van der Waals surface area (Å²) >= 11 is 0. The van der Waals surface area contributed by atoms with E-state index >= 15 is 0 Å². The van der Waals surface area contributed by atoms with Crippen LogP contribution < -0.4 is 0 Å². The highest BCUT2D eigenvalue weighted by Gasteiger charge is 2.20. The molecule has 0 heterocycles. The van der Waals surface area contributed by atoms with Gasteiger partial charge in [0.1, 0.15) is 0 Å². The van der Waals surface area contributed by atoms with Gasteiger partial charge in [0.2, 0.25) is 0 Å². The molecule has 0 amide bonds. The second-order valence-corrected chi connectivity index (χ2v) is 15.5. The van der Waals surface area contributed by atoms with Crippen LogP contribution >= 0.6 is 10.0 Å². The van der Waals surface area contributed by atoms with Gasteiger partial charge in [0, 0.05) is 0 Å². The van der Waals surface area contributed by atoms with E-state index in [4.69, 9.17) is 0 Å². The van der Waals surface area contributed by atoms with E-state index < -0.39 is 10.0 Å². The Hall–Kier alpha value is -4.33. The summed E-state index contributed by atoms with van der Waals surface area (Å²) in [5.74, 6) is 0. The molecule has 0 aliphatic rings. The summed E-state index contributed by atoms with van der Waals surface area (Å²) in [4.78, 5) is 1.43. The van der Waals surface area contributed by atoms with Crippen molar-refractivity contribution in [2.24, 2.45) is 0 Å². The predicted octanol–water partition coefficient (Wildman–Crippen LogP) is 11.2. The first-order valence-corrected chi connectivity index (χ1v) is 16.7. The smallest absolute Gasteiger partial charge is 0.00201 e. The molecule has 0 N–H and O–H groups in total. The Labute approximate surface area is 238 Å². The lowest BCUT2D eigenvalue weighted by atomic mass is 9.84. The zero-order chi connectivity index (χ0) is 27.3. The van der Waals surface area contributed by atoms with Gasteiger partial charge in [-0.3, -0.25) is 0 Å². The molecule has 7 rings (SSSR count).